The highest BCUT2D eigenvalue weighted by Gasteiger charge is 2.42. The number of carbonyl (C=O) groups excluding carboxylic acids is 2. The van der Waals surface area contributed by atoms with E-state index in [1.54, 1.807) is 18.2 Å². The topological polar surface area (TPSA) is 58.2 Å². The second kappa shape index (κ2) is 11.9. The first-order valence-electron chi connectivity index (χ1n) is 12.8. The van der Waals surface area contributed by atoms with Gasteiger partial charge in [-0.2, -0.15) is 0 Å². The molecule has 2 N–H and O–H groups in total. The molecule has 0 aromatic heterocycles. The number of benzene rings is 1. The van der Waals surface area contributed by atoms with E-state index in [0.717, 1.165) is 6.42 Å². The Morgan fingerprint density at radius 2 is 1.41 bits per heavy atom. The van der Waals surface area contributed by atoms with Crippen molar-refractivity contribution in [3.05, 3.63) is 35.6 Å². The van der Waals surface area contributed by atoms with Gasteiger partial charge in [0.15, 0.2) is 11.6 Å². The van der Waals surface area contributed by atoms with Gasteiger partial charge in [-0.15, -0.1) is 0 Å². The molecule has 0 aliphatic rings. The Bertz CT molecular complexity index is 821. The summed E-state index contributed by atoms with van der Waals surface area (Å²) in [5.74, 6) is -0.123. The van der Waals surface area contributed by atoms with Crippen molar-refractivity contribution < 1.29 is 14.0 Å². The summed E-state index contributed by atoms with van der Waals surface area (Å²) in [5.41, 5.74) is -1.57. The number of carbonyl (C=O) groups is 2. The van der Waals surface area contributed by atoms with Crippen LogP contribution in [0.15, 0.2) is 24.3 Å². The molecule has 0 radical (unpaired) electrons. The zero-order valence-corrected chi connectivity index (χ0v) is 23.4. The van der Waals surface area contributed by atoms with Crippen molar-refractivity contribution in [3.8, 4) is 0 Å². The number of halogens is 1. The molecule has 34 heavy (non-hydrogen) atoms. The van der Waals surface area contributed by atoms with E-state index in [1.165, 1.54) is 6.07 Å². The minimum Gasteiger partial charge on any atom is -0.303 e. The van der Waals surface area contributed by atoms with Crippen LogP contribution >= 0.6 is 0 Å². The molecule has 0 fully saturated rings. The summed E-state index contributed by atoms with van der Waals surface area (Å²) in [6.07, 6.45) is 1.58. The summed E-state index contributed by atoms with van der Waals surface area (Å²) >= 11 is 0. The molecule has 0 aliphatic heterocycles. The van der Waals surface area contributed by atoms with E-state index in [0.29, 0.717) is 17.9 Å². The van der Waals surface area contributed by atoms with Crippen LogP contribution in [0.25, 0.3) is 0 Å². The second-order valence-electron chi connectivity index (χ2n) is 12.3. The van der Waals surface area contributed by atoms with Gasteiger partial charge in [0.25, 0.3) is 0 Å². The summed E-state index contributed by atoms with van der Waals surface area (Å²) in [5, 5.41) is 7.07. The number of hydrogen-bond acceptors (Lipinski definition) is 4. The van der Waals surface area contributed by atoms with E-state index in [1.807, 2.05) is 48.5 Å². The Morgan fingerprint density at radius 3 is 1.88 bits per heavy atom. The quantitative estimate of drug-likeness (QED) is 0.340. The van der Waals surface area contributed by atoms with Crippen LogP contribution in [0.5, 0.6) is 0 Å². The molecule has 0 amide bonds. The van der Waals surface area contributed by atoms with Crippen molar-refractivity contribution >= 4 is 11.6 Å². The Kier molecular flexibility index (Phi) is 10.7. The standard InChI is InChI=1S/C29H49FN2O2/c1-19(2)16-28(10,31-21(5)6)26(34)22(7)17-27(8,9)32-29(11,25(33)20(3)4)18-23-14-12-13-15-24(23)30/h12-15,19-22,31-32H,16-18H2,1-11H3/t22?,28-,29-/m0/s1. The van der Waals surface area contributed by atoms with Crippen LogP contribution in [-0.4, -0.2) is 34.2 Å². The number of rotatable bonds is 14. The van der Waals surface area contributed by atoms with Crippen molar-refractivity contribution in [2.24, 2.45) is 17.8 Å². The normalized spacial score (nSPS) is 17.0. The molecule has 4 nitrogen and oxygen atoms in total. The minimum absolute atomic E-state index is 0.0360. The Morgan fingerprint density at radius 1 is 0.853 bits per heavy atom. The Labute approximate surface area is 207 Å². The lowest BCUT2D eigenvalue weighted by molar-refractivity contribution is -0.130. The lowest BCUT2D eigenvalue weighted by atomic mass is 9.76. The summed E-state index contributed by atoms with van der Waals surface area (Å²) in [6, 6.07) is 6.81. The summed E-state index contributed by atoms with van der Waals surface area (Å²) < 4.78 is 14.5. The maximum atomic E-state index is 14.5. The van der Waals surface area contributed by atoms with E-state index in [2.05, 4.69) is 38.3 Å². The fourth-order valence-corrected chi connectivity index (χ4v) is 5.74. The van der Waals surface area contributed by atoms with Crippen molar-refractivity contribution in [1.29, 1.82) is 0 Å². The molecule has 0 spiro atoms. The van der Waals surface area contributed by atoms with Gasteiger partial charge in [0.1, 0.15) is 5.82 Å². The summed E-state index contributed by atoms with van der Waals surface area (Å²) in [6.45, 7) is 22.0. The van der Waals surface area contributed by atoms with Crippen molar-refractivity contribution in [2.75, 3.05) is 0 Å². The first kappa shape index (κ1) is 30.4. The molecular formula is C29H49FN2O2. The smallest absolute Gasteiger partial charge is 0.155 e. The minimum atomic E-state index is -0.958. The molecule has 0 heterocycles. The fourth-order valence-electron chi connectivity index (χ4n) is 5.74. The number of ketones is 2. The molecule has 0 saturated heterocycles. The average molecular weight is 477 g/mol. The highest BCUT2D eigenvalue weighted by molar-refractivity contribution is 5.91. The van der Waals surface area contributed by atoms with Gasteiger partial charge in [-0.05, 0) is 71.9 Å². The molecule has 1 unspecified atom stereocenters. The van der Waals surface area contributed by atoms with Gasteiger partial charge in [0, 0.05) is 29.8 Å². The third kappa shape index (κ3) is 8.57. The maximum absolute atomic E-state index is 14.5. The van der Waals surface area contributed by atoms with Crippen LogP contribution in [-0.2, 0) is 16.0 Å². The molecule has 5 heteroatoms. The number of Topliss-reactive ketones (excluding diaryl/α,β-unsaturated/α-hetero) is 2. The van der Waals surface area contributed by atoms with E-state index in [4.69, 9.17) is 0 Å². The van der Waals surface area contributed by atoms with Gasteiger partial charge in [-0.25, -0.2) is 4.39 Å². The number of nitrogens with one attached hydrogen (secondary N) is 2. The lowest BCUT2D eigenvalue weighted by Gasteiger charge is -2.42. The molecule has 1 aromatic carbocycles. The highest BCUT2D eigenvalue weighted by atomic mass is 19.1. The molecule has 0 bridgehead atoms. The van der Waals surface area contributed by atoms with Crippen molar-refractivity contribution in [2.45, 2.75) is 118 Å². The Balaban J connectivity index is 3.18. The van der Waals surface area contributed by atoms with E-state index in [-0.39, 0.29) is 41.7 Å². The maximum Gasteiger partial charge on any atom is 0.155 e. The largest absolute Gasteiger partial charge is 0.303 e. The lowest BCUT2D eigenvalue weighted by Crippen LogP contribution is -2.62. The molecule has 194 valence electrons. The monoisotopic (exact) mass is 476 g/mol. The summed E-state index contributed by atoms with van der Waals surface area (Å²) in [4.78, 5) is 27.0. The molecule has 0 saturated carbocycles. The van der Waals surface area contributed by atoms with Crippen molar-refractivity contribution in [3.63, 3.8) is 0 Å². The van der Waals surface area contributed by atoms with Crippen LogP contribution in [0.3, 0.4) is 0 Å². The highest BCUT2D eigenvalue weighted by Crippen LogP contribution is 2.30. The molecular weight excluding hydrogens is 427 g/mol. The van der Waals surface area contributed by atoms with E-state index in [9.17, 15) is 14.0 Å². The average Bonchev–Trinajstić information content (AvgIpc) is 2.66. The van der Waals surface area contributed by atoms with Gasteiger partial charge in [-0.1, -0.05) is 52.8 Å². The number of hydrogen-bond donors (Lipinski definition) is 2. The van der Waals surface area contributed by atoms with E-state index >= 15 is 0 Å². The van der Waals surface area contributed by atoms with Crippen LogP contribution in [0.2, 0.25) is 0 Å². The molecule has 0 aliphatic carbocycles. The van der Waals surface area contributed by atoms with Gasteiger partial charge in [-0.3, -0.25) is 14.9 Å². The van der Waals surface area contributed by atoms with Gasteiger partial charge < -0.3 is 5.32 Å². The first-order valence-corrected chi connectivity index (χ1v) is 12.8. The molecule has 3 atom stereocenters. The third-order valence-corrected chi connectivity index (χ3v) is 6.42. The predicted molar refractivity (Wildman–Crippen MR) is 140 cm³/mol. The Hall–Kier alpha value is -1.59. The van der Waals surface area contributed by atoms with Crippen molar-refractivity contribution in [1.82, 2.24) is 10.6 Å². The van der Waals surface area contributed by atoms with Gasteiger partial charge in [0.2, 0.25) is 0 Å². The van der Waals surface area contributed by atoms with Crippen LogP contribution in [0.4, 0.5) is 4.39 Å². The molecule has 1 rings (SSSR count). The van der Waals surface area contributed by atoms with Crippen LogP contribution < -0.4 is 10.6 Å². The van der Waals surface area contributed by atoms with Gasteiger partial charge >= 0.3 is 0 Å². The first-order chi connectivity index (χ1) is 15.4. The van der Waals surface area contributed by atoms with Gasteiger partial charge in [0.05, 0.1) is 11.1 Å². The second-order valence-corrected chi connectivity index (χ2v) is 12.3. The molecule has 1 aromatic rings. The predicted octanol–water partition coefficient (Wildman–Crippen LogP) is 6.12. The van der Waals surface area contributed by atoms with Crippen LogP contribution in [0, 0.1) is 23.6 Å². The third-order valence-electron chi connectivity index (χ3n) is 6.42. The van der Waals surface area contributed by atoms with E-state index < -0.39 is 16.6 Å². The van der Waals surface area contributed by atoms with Crippen LogP contribution in [0.1, 0.15) is 94.6 Å². The zero-order chi connectivity index (χ0) is 26.5. The zero-order valence-electron chi connectivity index (χ0n) is 23.4. The summed E-state index contributed by atoms with van der Waals surface area (Å²) in [7, 11) is 0. The SMILES string of the molecule is CC(C)C[C@](C)(NC(C)C)C(=O)C(C)CC(C)(C)N[C@@](C)(Cc1ccccc1F)C(=O)C(C)C. The fraction of sp³-hybridized carbons (Fsp3) is 0.724.